The first-order valence-corrected chi connectivity index (χ1v) is 4.50. The number of nitrogens with one attached hydrogen (secondary N) is 2. The van der Waals surface area contributed by atoms with Crippen molar-refractivity contribution in [3.63, 3.8) is 0 Å². The van der Waals surface area contributed by atoms with Crippen LogP contribution in [0.25, 0.3) is 0 Å². The molecule has 0 aromatic rings. The molecule has 2 atom stereocenters. The van der Waals surface area contributed by atoms with Gasteiger partial charge in [-0.25, -0.2) is 0 Å². The molecule has 3 nitrogen and oxygen atoms in total. The van der Waals surface area contributed by atoms with Crippen LogP contribution in [0.1, 0.15) is 19.3 Å². The summed E-state index contributed by atoms with van der Waals surface area (Å²) in [5, 5.41) is 4.88. The van der Waals surface area contributed by atoms with E-state index in [9.17, 15) is 18.0 Å². The number of carbonyl (C=O) groups excluding carboxylic acids is 1. The minimum Gasteiger partial charge on any atom is -0.344 e. The maximum atomic E-state index is 11.9. The quantitative estimate of drug-likeness (QED) is 0.708. The number of hydrogen-bond donors (Lipinski definition) is 2. The lowest BCUT2D eigenvalue weighted by molar-refractivity contribution is -0.174. The summed E-state index contributed by atoms with van der Waals surface area (Å²) in [5.74, 6) is -1.84. The van der Waals surface area contributed by atoms with Crippen molar-refractivity contribution in [2.45, 2.75) is 37.5 Å². The van der Waals surface area contributed by atoms with Gasteiger partial charge in [0.1, 0.15) is 0 Å². The van der Waals surface area contributed by atoms with Gasteiger partial charge in [0.25, 0.3) is 0 Å². The highest BCUT2D eigenvalue weighted by atomic mass is 19.4. The topological polar surface area (TPSA) is 41.1 Å². The summed E-state index contributed by atoms with van der Waals surface area (Å²) < 4.78 is 35.7. The van der Waals surface area contributed by atoms with E-state index in [2.05, 4.69) is 5.32 Å². The molecule has 6 heteroatoms. The molecule has 1 aliphatic rings. The van der Waals surface area contributed by atoms with Crippen molar-refractivity contribution in [1.82, 2.24) is 10.6 Å². The monoisotopic (exact) mass is 210 g/mol. The molecule has 14 heavy (non-hydrogen) atoms. The zero-order chi connectivity index (χ0) is 10.8. The molecule has 0 radical (unpaired) electrons. The summed E-state index contributed by atoms with van der Waals surface area (Å²) in [6, 6.07) is -0.435. The molecule has 2 N–H and O–H groups in total. The lowest BCUT2D eigenvalue weighted by Gasteiger charge is -2.20. The van der Waals surface area contributed by atoms with Gasteiger partial charge in [0.2, 0.25) is 0 Å². The van der Waals surface area contributed by atoms with Gasteiger partial charge in [-0.05, 0) is 26.3 Å². The second-order valence-corrected chi connectivity index (χ2v) is 3.40. The Kier molecular flexibility index (Phi) is 3.36. The minimum atomic E-state index is -4.78. The molecule has 0 heterocycles. The molecule has 1 rings (SSSR count). The van der Waals surface area contributed by atoms with Crippen LogP contribution >= 0.6 is 0 Å². The van der Waals surface area contributed by atoms with E-state index in [0.29, 0.717) is 6.42 Å². The van der Waals surface area contributed by atoms with Gasteiger partial charge in [0.05, 0.1) is 0 Å². The van der Waals surface area contributed by atoms with Crippen LogP contribution in [-0.4, -0.2) is 31.2 Å². The van der Waals surface area contributed by atoms with Gasteiger partial charge in [-0.1, -0.05) is 0 Å². The predicted molar refractivity (Wildman–Crippen MR) is 44.7 cm³/mol. The van der Waals surface area contributed by atoms with Crippen molar-refractivity contribution in [1.29, 1.82) is 0 Å². The number of halogens is 3. The van der Waals surface area contributed by atoms with E-state index in [0.717, 1.165) is 12.8 Å². The van der Waals surface area contributed by atoms with Gasteiger partial charge in [-0.2, -0.15) is 13.2 Å². The first kappa shape index (κ1) is 11.3. The Bertz CT molecular complexity index is 217. The molecule has 1 amide bonds. The Labute approximate surface area is 80.0 Å². The summed E-state index contributed by atoms with van der Waals surface area (Å²) in [5.41, 5.74) is 0. The van der Waals surface area contributed by atoms with Crippen LogP contribution < -0.4 is 10.6 Å². The summed E-state index contributed by atoms with van der Waals surface area (Å²) in [7, 11) is 1.68. The van der Waals surface area contributed by atoms with Gasteiger partial charge in [0, 0.05) is 12.1 Å². The summed E-state index contributed by atoms with van der Waals surface area (Å²) in [4.78, 5) is 10.6. The normalized spacial score (nSPS) is 27.7. The zero-order valence-electron chi connectivity index (χ0n) is 7.82. The number of carbonyl (C=O) groups is 1. The highest BCUT2D eigenvalue weighted by Gasteiger charge is 2.41. The van der Waals surface area contributed by atoms with Crippen LogP contribution in [0, 0.1) is 0 Å². The van der Waals surface area contributed by atoms with Gasteiger partial charge in [-0.3, -0.25) is 4.79 Å². The number of amides is 1. The van der Waals surface area contributed by atoms with E-state index in [-0.39, 0.29) is 6.04 Å². The molecule has 82 valence electrons. The van der Waals surface area contributed by atoms with E-state index < -0.39 is 18.1 Å². The molecule has 0 saturated heterocycles. The third-order valence-corrected chi connectivity index (χ3v) is 2.46. The molecular formula is C8H13F3N2O. The van der Waals surface area contributed by atoms with E-state index in [1.165, 1.54) is 0 Å². The molecule has 1 fully saturated rings. The lowest BCUT2D eigenvalue weighted by Crippen LogP contribution is -2.49. The number of alkyl halides is 3. The Morgan fingerprint density at radius 3 is 2.36 bits per heavy atom. The maximum Gasteiger partial charge on any atom is 0.471 e. The zero-order valence-corrected chi connectivity index (χ0v) is 7.82. The van der Waals surface area contributed by atoms with Crippen LogP contribution in [0.15, 0.2) is 0 Å². The van der Waals surface area contributed by atoms with Crippen LogP contribution in [-0.2, 0) is 4.79 Å². The Balaban J connectivity index is 2.48. The van der Waals surface area contributed by atoms with Crippen LogP contribution in [0.4, 0.5) is 13.2 Å². The molecule has 0 bridgehead atoms. The summed E-state index contributed by atoms with van der Waals surface area (Å²) in [6.45, 7) is 0. The maximum absolute atomic E-state index is 11.9. The summed E-state index contributed by atoms with van der Waals surface area (Å²) >= 11 is 0. The highest BCUT2D eigenvalue weighted by molar-refractivity contribution is 5.82. The Morgan fingerprint density at radius 2 is 1.86 bits per heavy atom. The molecule has 0 unspecified atom stereocenters. The number of rotatable bonds is 2. The number of likely N-dealkylation sites (N-methyl/N-ethyl adjacent to an activating group) is 1. The fourth-order valence-corrected chi connectivity index (χ4v) is 1.73. The van der Waals surface area contributed by atoms with Gasteiger partial charge < -0.3 is 10.6 Å². The van der Waals surface area contributed by atoms with Crippen molar-refractivity contribution < 1.29 is 18.0 Å². The molecule has 0 spiro atoms. The second kappa shape index (κ2) is 4.16. The van der Waals surface area contributed by atoms with Crippen molar-refractivity contribution in [2.24, 2.45) is 0 Å². The first-order valence-electron chi connectivity index (χ1n) is 4.50. The smallest absolute Gasteiger partial charge is 0.344 e. The third-order valence-electron chi connectivity index (χ3n) is 2.46. The number of hydrogen-bond acceptors (Lipinski definition) is 2. The summed E-state index contributed by atoms with van der Waals surface area (Å²) in [6.07, 6.45) is -2.53. The van der Waals surface area contributed by atoms with Crippen molar-refractivity contribution in [2.75, 3.05) is 7.05 Å². The van der Waals surface area contributed by atoms with E-state index in [4.69, 9.17) is 0 Å². The molecule has 0 aliphatic heterocycles. The third kappa shape index (κ3) is 2.60. The highest BCUT2D eigenvalue weighted by Crippen LogP contribution is 2.21. The van der Waals surface area contributed by atoms with Crippen molar-refractivity contribution >= 4 is 5.91 Å². The fraction of sp³-hybridized carbons (Fsp3) is 0.875. The minimum absolute atomic E-state index is 0.0405. The predicted octanol–water partition coefficient (Wildman–Crippen LogP) is 0.805. The Morgan fingerprint density at radius 1 is 1.29 bits per heavy atom. The average molecular weight is 210 g/mol. The largest absolute Gasteiger partial charge is 0.471 e. The van der Waals surface area contributed by atoms with E-state index >= 15 is 0 Å². The van der Waals surface area contributed by atoms with Crippen LogP contribution in [0.2, 0.25) is 0 Å². The lowest BCUT2D eigenvalue weighted by atomic mass is 10.2. The van der Waals surface area contributed by atoms with Gasteiger partial charge in [0.15, 0.2) is 0 Å². The molecule has 1 saturated carbocycles. The molecule has 1 aliphatic carbocycles. The fourth-order valence-electron chi connectivity index (χ4n) is 1.73. The molecule has 0 aromatic heterocycles. The second-order valence-electron chi connectivity index (χ2n) is 3.40. The Hall–Kier alpha value is -0.780. The van der Waals surface area contributed by atoms with Crippen molar-refractivity contribution in [3.8, 4) is 0 Å². The van der Waals surface area contributed by atoms with E-state index in [1.807, 2.05) is 5.32 Å². The molecule has 0 aromatic carbocycles. The van der Waals surface area contributed by atoms with Crippen LogP contribution in [0.5, 0.6) is 0 Å². The van der Waals surface area contributed by atoms with Crippen LogP contribution in [0.3, 0.4) is 0 Å². The van der Waals surface area contributed by atoms with Crippen molar-refractivity contribution in [3.05, 3.63) is 0 Å². The average Bonchev–Trinajstić information content (AvgIpc) is 2.50. The molecular weight excluding hydrogens is 197 g/mol. The van der Waals surface area contributed by atoms with E-state index in [1.54, 1.807) is 7.05 Å². The SMILES string of the molecule is CN[C@H]1CCC[C@H]1NC(=O)C(F)(F)F. The van der Waals surface area contributed by atoms with Gasteiger partial charge in [-0.15, -0.1) is 0 Å². The van der Waals surface area contributed by atoms with Gasteiger partial charge >= 0.3 is 12.1 Å². The first-order chi connectivity index (χ1) is 6.45. The standard InChI is InChI=1S/C8H13F3N2O/c1-12-5-3-2-4-6(5)13-7(14)8(9,10)11/h5-6,12H,2-4H2,1H3,(H,13,14)/t5-,6+/m0/s1.